The van der Waals surface area contributed by atoms with Gasteiger partial charge in [-0.25, -0.2) is 8.78 Å². The lowest BCUT2D eigenvalue weighted by molar-refractivity contribution is 0.325. The molecule has 0 heterocycles. The molecule has 0 radical (unpaired) electrons. The van der Waals surface area contributed by atoms with Gasteiger partial charge in [0.25, 0.3) is 0 Å². The molecule has 2 rings (SSSR count). The van der Waals surface area contributed by atoms with Crippen LogP contribution >= 0.6 is 11.8 Å². The normalized spacial score (nSPS) is 10.4. The second-order valence-electron chi connectivity index (χ2n) is 3.85. The molecule has 0 saturated heterocycles. The van der Waals surface area contributed by atoms with Crippen LogP contribution in [0.2, 0.25) is 0 Å². The molecule has 2 N–H and O–H groups in total. The van der Waals surface area contributed by atoms with Gasteiger partial charge in [-0.1, -0.05) is 12.1 Å². The molecule has 0 spiro atoms. The van der Waals surface area contributed by atoms with Gasteiger partial charge in [0.15, 0.2) is 11.6 Å². The second kappa shape index (κ2) is 6.43. The number of hydrogen-bond donors (Lipinski definition) is 1. The maximum absolute atomic E-state index is 13.2. The number of halogens is 2. The van der Waals surface area contributed by atoms with Crippen LogP contribution in [0.4, 0.5) is 14.5 Å². The van der Waals surface area contributed by atoms with Crippen LogP contribution in [-0.4, -0.2) is 12.4 Å². The van der Waals surface area contributed by atoms with Gasteiger partial charge >= 0.3 is 0 Å². The summed E-state index contributed by atoms with van der Waals surface area (Å²) in [6.07, 6.45) is 0. The molecule has 0 bridgehead atoms. The lowest BCUT2D eigenvalue weighted by Gasteiger charge is -2.07. The van der Waals surface area contributed by atoms with Crippen molar-refractivity contribution in [2.24, 2.45) is 0 Å². The van der Waals surface area contributed by atoms with E-state index in [0.717, 1.165) is 4.90 Å². The van der Waals surface area contributed by atoms with Crippen LogP contribution in [0.1, 0.15) is 0 Å². The van der Waals surface area contributed by atoms with E-state index in [9.17, 15) is 8.78 Å². The van der Waals surface area contributed by atoms with Gasteiger partial charge in [-0.15, -0.1) is 11.8 Å². The molecule has 0 aliphatic carbocycles. The Hall–Kier alpha value is -1.75. The van der Waals surface area contributed by atoms with Crippen LogP contribution in [-0.2, 0) is 0 Å². The molecule has 0 aliphatic rings. The van der Waals surface area contributed by atoms with Gasteiger partial charge in [0.1, 0.15) is 5.82 Å². The molecular formula is C14H13F2NOS. The zero-order chi connectivity index (χ0) is 13.7. The Morgan fingerprint density at radius 2 is 1.89 bits per heavy atom. The van der Waals surface area contributed by atoms with Crippen LogP contribution in [0.3, 0.4) is 0 Å². The molecule has 0 atom stereocenters. The Labute approximate surface area is 114 Å². The number of anilines is 1. The highest BCUT2D eigenvalue weighted by molar-refractivity contribution is 7.99. The number of nitrogen functional groups attached to an aromatic ring is 1. The Morgan fingerprint density at radius 1 is 1.11 bits per heavy atom. The molecule has 0 fully saturated rings. The van der Waals surface area contributed by atoms with E-state index in [-0.39, 0.29) is 17.4 Å². The highest BCUT2D eigenvalue weighted by atomic mass is 32.2. The Morgan fingerprint density at radius 3 is 2.63 bits per heavy atom. The number of para-hydroxylation sites is 1. The number of ether oxygens (including phenoxy) is 1. The minimum atomic E-state index is -0.387. The maximum atomic E-state index is 13.2. The zero-order valence-electron chi connectivity index (χ0n) is 10.1. The summed E-state index contributed by atoms with van der Waals surface area (Å²) in [6, 6.07) is 10.6. The van der Waals surface area contributed by atoms with E-state index in [2.05, 4.69) is 0 Å². The van der Waals surface area contributed by atoms with Gasteiger partial charge < -0.3 is 10.5 Å². The number of thioether (sulfide) groups is 1. The molecule has 0 unspecified atom stereocenters. The largest absolute Gasteiger partial charge is 0.490 e. The van der Waals surface area contributed by atoms with E-state index in [1.807, 2.05) is 0 Å². The van der Waals surface area contributed by atoms with Crippen LogP contribution in [0.5, 0.6) is 5.75 Å². The number of benzene rings is 2. The predicted octanol–water partition coefficient (Wildman–Crippen LogP) is 3.72. The minimum absolute atomic E-state index is 0.224. The summed E-state index contributed by atoms with van der Waals surface area (Å²) in [5.74, 6) is 0.0545. The van der Waals surface area contributed by atoms with E-state index in [4.69, 9.17) is 10.5 Å². The fourth-order valence-electron chi connectivity index (χ4n) is 1.54. The lowest BCUT2D eigenvalue weighted by atomic mass is 10.3. The summed E-state index contributed by atoms with van der Waals surface area (Å²) in [5, 5.41) is 0. The molecule has 5 heteroatoms. The molecule has 2 nitrogen and oxygen atoms in total. The summed E-state index contributed by atoms with van der Waals surface area (Å²) in [5.41, 5.74) is 5.93. The number of hydrogen-bond acceptors (Lipinski definition) is 3. The van der Waals surface area contributed by atoms with E-state index in [1.165, 1.54) is 30.0 Å². The van der Waals surface area contributed by atoms with Crippen molar-refractivity contribution in [3.05, 3.63) is 54.1 Å². The van der Waals surface area contributed by atoms with E-state index in [0.29, 0.717) is 18.0 Å². The fourth-order valence-corrected chi connectivity index (χ4v) is 2.36. The SMILES string of the molecule is Nc1cc(F)cc(SCCOc2ccccc2F)c1. The van der Waals surface area contributed by atoms with Crippen LogP contribution in [0.25, 0.3) is 0 Å². The number of rotatable bonds is 5. The van der Waals surface area contributed by atoms with Crippen LogP contribution in [0.15, 0.2) is 47.4 Å². The molecule has 100 valence electrons. The molecule has 0 aromatic heterocycles. The lowest BCUT2D eigenvalue weighted by Crippen LogP contribution is -2.01. The highest BCUT2D eigenvalue weighted by Crippen LogP contribution is 2.22. The van der Waals surface area contributed by atoms with Crippen molar-refractivity contribution < 1.29 is 13.5 Å². The average molecular weight is 281 g/mol. The Bertz CT molecular complexity index is 543. The molecule has 0 aliphatic heterocycles. The zero-order valence-corrected chi connectivity index (χ0v) is 10.9. The molecule has 0 saturated carbocycles. The van der Waals surface area contributed by atoms with Crippen molar-refractivity contribution in [2.75, 3.05) is 18.1 Å². The molecule has 0 amide bonds. The van der Waals surface area contributed by atoms with Crippen molar-refractivity contribution in [1.82, 2.24) is 0 Å². The minimum Gasteiger partial charge on any atom is -0.490 e. The van der Waals surface area contributed by atoms with E-state index < -0.39 is 0 Å². The van der Waals surface area contributed by atoms with Crippen molar-refractivity contribution in [3.63, 3.8) is 0 Å². The first-order chi connectivity index (χ1) is 9.15. The highest BCUT2D eigenvalue weighted by Gasteiger charge is 2.02. The fraction of sp³-hybridized carbons (Fsp3) is 0.143. The van der Waals surface area contributed by atoms with Crippen molar-refractivity contribution in [3.8, 4) is 5.75 Å². The standard InChI is InChI=1S/C14H13F2NOS/c15-10-7-11(17)9-12(8-10)19-6-5-18-14-4-2-1-3-13(14)16/h1-4,7-9H,5-6,17H2. The Kier molecular flexibility index (Phi) is 4.63. The van der Waals surface area contributed by atoms with Gasteiger partial charge in [0, 0.05) is 16.3 Å². The topological polar surface area (TPSA) is 35.2 Å². The molecule has 2 aromatic carbocycles. The summed E-state index contributed by atoms with van der Waals surface area (Å²) in [6.45, 7) is 0.335. The van der Waals surface area contributed by atoms with Gasteiger partial charge in [-0.05, 0) is 30.3 Å². The van der Waals surface area contributed by atoms with Gasteiger partial charge in [0.05, 0.1) is 6.61 Å². The summed E-state index contributed by atoms with van der Waals surface area (Å²) in [4.78, 5) is 0.731. The van der Waals surface area contributed by atoms with Crippen molar-refractivity contribution in [1.29, 1.82) is 0 Å². The third kappa shape index (κ3) is 4.13. The smallest absolute Gasteiger partial charge is 0.165 e. The van der Waals surface area contributed by atoms with Crippen molar-refractivity contribution in [2.45, 2.75) is 4.90 Å². The summed E-state index contributed by atoms with van der Waals surface area (Å²) >= 11 is 1.41. The summed E-state index contributed by atoms with van der Waals surface area (Å²) < 4.78 is 31.6. The first kappa shape index (κ1) is 13.7. The molecule has 2 aromatic rings. The van der Waals surface area contributed by atoms with Gasteiger partial charge in [-0.3, -0.25) is 0 Å². The molecule has 19 heavy (non-hydrogen) atoms. The predicted molar refractivity (Wildman–Crippen MR) is 73.4 cm³/mol. The third-order valence-electron chi connectivity index (χ3n) is 2.34. The van der Waals surface area contributed by atoms with Crippen LogP contribution in [0, 0.1) is 11.6 Å². The van der Waals surface area contributed by atoms with E-state index >= 15 is 0 Å². The monoisotopic (exact) mass is 281 g/mol. The average Bonchev–Trinajstić information content (AvgIpc) is 2.35. The van der Waals surface area contributed by atoms with Crippen LogP contribution < -0.4 is 10.5 Å². The first-order valence-electron chi connectivity index (χ1n) is 5.71. The Balaban J connectivity index is 1.82. The van der Waals surface area contributed by atoms with Gasteiger partial charge in [-0.2, -0.15) is 0 Å². The van der Waals surface area contributed by atoms with E-state index in [1.54, 1.807) is 24.3 Å². The maximum Gasteiger partial charge on any atom is 0.165 e. The number of nitrogens with two attached hydrogens (primary N) is 1. The summed E-state index contributed by atoms with van der Waals surface area (Å²) in [7, 11) is 0. The quantitative estimate of drug-likeness (QED) is 0.515. The van der Waals surface area contributed by atoms with Gasteiger partial charge in [0.2, 0.25) is 0 Å². The first-order valence-corrected chi connectivity index (χ1v) is 6.70. The third-order valence-corrected chi connectivity index (χ3v) is 3.28. The second-order valence-corrected chi connectivity index (χ2v) is 5.02. The van der Waals surface area contributed by atoms with Crippen molar-refractivity contribution >= 4 is 17.4 Å². The molecular weight excluding hydrogens is 268 g/mol.